The maximum atomic E-state index is 12.4. The first-order valence-corrected chi connectivity index (χ1v) is 9.66. The van der Waals surface area contributed by atoms with Crippen LogP contribution in [0.2, 0.25) is 5.02 Å². The molecule has 3 aromatic rings. The first-order valence-electron chi connectivity index (χ1n) is 8.49. The number of aromatic nitrogens is 3. The molecule has 1 unspecified atom stereocenters. The van der Waals surface area contributed by atoms with Crippen LogP contribution in [0, 0.1) is 0 Å². The Labute approximate surface area is 175 Å². The van der Waals surface area contributed by atoms with Gasteiger partial charge in [-0.3, -0.25) is 4.79 Å². The average molecular weight is 466 g/mol. The van der Waals surface area contributed by atoms with Gasteiger partial charge in [-0.2, -0.15) is 5.10 Å². The highest BCUT2D eigenvalue weighted by molar-refractivity contribution is 9.10. The van der Waals surface area contributed by atoms with Crippen molar-refractivity contribution in [1.82, 2.24) is 14.8 Å². The van der Waals surface area contributed by atoms with Crippen LogP contribution in [-0.2, 0) is 11.3 Å². The first kappa shape index (κ1) is 20.2. The molecular formula is C19H18BrClN4O3. The first-order chi connectivity index (χ1) is 13.5. The van der Waals surface area contributed by atoms with E-state index < -0.39 is 6.10 Å². The zero-order valence-corrected chi connectivity index (χ0v) is 17.4. The number of carbonyl (C=O) groups is 1. The van der Waals surface area contributed by atoms with Gasteiger partial charge in [-0.25, -0.2) is 9.67 Å². The van der Waals surface area contributed by atoms with E-state index in [0.29, 0.717) is 39.8 Å². The third-order valence-electron chi connectivity index (χ3n) is 3.72. The number of amides is 1. The molecule has 1 aromatic heterocycles. The Bertz CT molecular complexity index is 937. The fourth-order valence-electron chi connectivity index (χ4n) is 2.33. The average Bonchev–Trinajstić information content (AvgIpc) is 3.18. The van der Waals surface area contributed by atoms with Crippen molar-refractivity contribution in [2.75, 3.05) is 11.9 Å². The molecule has 0 aliphatic rings. The van der Waals surface area contributed by atoms with Crippen molar-refractivity contribution in [3.63, 3.8) is 0 Å². The molecule has 28 heavy (non-hydrogen) atoms. The van der Waals surface area contributed by atoms with E-state index in [1.807, 2.05) is 12.1 Å². The van der Waals surface area contributed by atoms with Crippen molar-refractivity contribution in [1.29, 1.82) is 0 Å². The van der Waals surface area contributed by atoms with Crippen LogP contribution in [0.15, 0.2) is 59.6 Å². The number of nitrogens with zero attached hydrogens (tertiary/aromatic N) is 3. The zero-order valence-electron chi connectivity index (χ0n) is 15.0. The van der Waals surface area contributed by atoms with Gasteiger partial charge in [0.05, 0.1) is 11.0 Å². The summed E-state index contributed by atoms with van der Waals surface area (Å²) in [6.07, 6.45) is 2.40. The van der Waals surface area contributed by atoms with E-state index >= 15 is 0 Å². The fraction of sp³-hybridized carbons (Fsp3) is 0.211. The van der Waals surface area contributed by atoms with Crippen molar-refractivity contribution >= 4 is 39.1 Å². The van der Waals surface area contributed by atoms with Crippen LogP contribution in [-0.4, -0.2) is 33.4 Å². The van der Waals surface area contributed by atoms with Crippen LogP contribution in [0.1, 0.15) is 6.92 Å². The van der Waals surface area contributed by atoms with Crippen molar-refractivity contribution < 1.29 is 14.3 Å². The summed E-state index contributed by atoms with van der Waals surface area (Å²) < 4.78 is 13.8. The molecule has 0 aliphatic carbocycles. The smallest absolute Gasteiger partial charge is 0.265 e. The second-order valence-corrected chi connectivity index (χ2v) is 7.15. The molecule has 1 amide bonds. The molecule has 2 aromatic carbocycles. The molecule has 146 valence electrons. The Morgan fingerprint density at radius 3 is 2.93 bits per heavy atom. The van der Waals surface area contributed by atoms with Gasteiger partial charge in [0.2, 0.25) is 0 Å². The summed E-state index contributed by atoms with van der Waals surface area (Å²) in [5.41, 5.74) is 0.619. The van der Waals surface area contributed by atoms with Gasteiger partial charge in [0, 0.05) is 16.8 Å². The fourth-order valence-corrected chi connectivity index (χ4v) is 3.10. The highest BCUT2D eigenvalue weighted by atomic mass is 79.9. The lowest BCUT2D eigenvalue weighted by Gasteiger charge is -2.16. The summed E-state index contributed by atoms with van der Waals surface area (Å²) in [6.45, 7) is 2.69. The molecular weight excluding hydrogens is 448 g/mol. The molecule has 0 saturated carbocycles. The molecule has 0 fully saturated rings. The van der Waals surface area contributed by atoms with Gasteiger partial charge in [-0.1, -0.05) is 17.7 Å². The molecule has 9 heteroatoms. The van der Waals surface area contributed by atoms with Gasteiger partial charge >= 0.3 is 0 Å². The maximum absolute atomic E-state index is 12.4. The molecule has 3 rings (SSSR count). The SMILES string of the molecule is CC(Oc1ccc(Cl)cc1Br)C(=O)Nc1cccc(OCCn2cncn2)c1. The summed E-state index contributed by atoms with van der Waals surface area (Å²) >= 11 is 9.29. The summed E-state index contributed by atoms with van der Waals surface area (Å²) in [7, 11) is 0. The molecule has 0 aliphatic heterocycles. The van der Waals surface area contributed by atoms with E-state index in [4.69, 9.17) is 21.1 Å². The topological polar surface area (TPSA) is 78.3 Å². The van der Waals surface area contributed by atoms with Gasteiger partial charge in [0.15, 0.2) is 6.10 Å². The van der Waals surface area contributed by atoms with Crippen molar-refractivity contribution in [3.8, 4) is 11.5 Å². The number of rotatable bonds is 8. The molecule has 7 nitrogen and oxygen atoms in total. The molecule has 1 heterocycles. The van der Waals surface area contributed by atoms with Crippen molar-refractivity contribution in [2.45, 2.75) is 19.6 Å². The summed E-state index contributed by atoms with van der Waals surface area (Å²) in [6, 6.07) is 12.3. The molecule has 0 bridgehead atoms. The number of ether oxygens (including phenoxy) is 2. The van der Waals surface area contributed by atoms with Crippen LogP contribution in [0.3, 0.4) is 0 Å². The van der Waals surface area contributed by atoms with E-state index in [2.05, 4.69) is 31.3 Å². The quantitative estimate of drug-likeness (QED) is 0.540. The minimum absolute atomic E-state index is 0.276. The van der Waals surface area contributed by atoms with Gasteiger partial charge in [0.25, 0.3) is 5.91 Å². The zero-order chi connectivity index (χ0) is 19.9. The van der Waals surface area contributed by atoms with Crippen molar-refractivity contribution in [2.24, 2.45) is 0 Å². The lowest BCUT2D eigenvalue weighted by molar-refractivity contribution is -0.122. The van der Waals surface area contributed by atoms with E-state index in [0.717, 1.165) is 0 Å². The van der Waals surface area contributed by atoms with Gasteiger partial charge in [0.1, 0.15) is 30.8 Å². The maximum Gasteiger partial charge on any atom is 0.265 e. The number of nitrogens with one attached hydrogen (secondary N) is 1. The number of hydrogen-bond acceptors (Lipinski definition) is 5. The van der Waals surface area contributed by atoms with Crippen LogP contribution in [0.4, 0.5) is 5.69 Å². The van der Waals surface area contributed by atoms with E-state index in [1.165, 1.54) is 6.33 Å². The molecule has 1 N–H and O–H groups in total. The van der Waals surface area contributed by atoms with Gasteiger partial charge in [-0.05, 0) is 53.2 Å². The minimum Gasteiger partial charge on any atom is -0.492 e. The van der Waals surface area contributed by atoms with E-state index in [1.54, 1.807) is 48.3 Å². The second kappa shape index (κ2) is 9.57. The Kier molecular flexibility index (Phi) is 6.89. The predicted molar refractivity (Wildman–Crippen MR) is 110 cm³/mol. The number of anilines is 1. The lowest BCUT2D eigenvalue weighted by atomic mass is 10.2. The molecule has 0 radical (unpaired) electrons. The Balaban J connectivity index is 1.54. The van der Waals surface area contributed by atoms with E-state index in [9.17, 15) is 4.79 Å². The highest BCUT2D eigenvalue weighted by Gasteiger charge is 2.16. The normalized spacial score (nSPS) is 11.7. The van der Waals surface area contributed by atoms with Crippen LogP contribution in [0.25, 0.3) is 0 Å². The Morgan fingerprint density at radius 2 is 2.18 bits per heavy atom. The summed E-state index contributed by atoms with van der Waals surface area (Å²) in [5.74, 6) is 0.908. The minimum atomic E-state index is -0.700. The van der Waals surface area contributed by atoms with Crippen LogP contribution < -0.4 is 14.8 Å². The third kappa shape index (κ3) is 5.71. The summed E-state index contributed by atoms with van der Waals surface area (Å²) in [5, 5.41) is 7.42. The highest BCUT2D eigenvalue weighted by Crippen LogP contribution is 2.29. The monoisotopic (exact) mass is 464 g/mol. The van der Waals surface area contributed by atoms with Crippen LogP contribution >= 0.6 is 27.5 Å². The van der Waals surface area contributed by atoms with Gasteiger partial charge in [-0.15, -0.1) is 0 Å². The molecule has 1 atom stereocenters. The molecule has 0 saturated heterocycles. The number of halogens is 2. The predicted octanol–water partition coefficient (Wildman–Crippen LogP) is 4.18. The Morgan fingerprint density at radius 1 is 1.32 bits per heavy atom. The Hall–Kier alpha value is -2.58. The van der Waals surface area contributed by atoms with Gasteiger partial charge < -0.3 is 14.8 Å². The largest absolute Gasteiger partial charge is 0.492 e. The second-order valence-electron chi connectivity index (χ2n) is 5.86. The third-order valence-corrected chi connectivity index (χ3v) is 4.58. The molecule has 0 spiro atoms. The number of benzene rings is 2. The van der Waals surface area contributed by atoms with Crippen molar-refractivity contribution in [3.05, 3.63) is 64.6 Å². The lowest BCUT2D eigenvalue weighted by Crippen LogP contribution is -2.30. The standard InChI is InChI=1S/C19H18BrClN4O3/c1-13(28-18-6-5-14(21)9-17(18)20)19(26)24-15-3-2-4-16(10-15)27-8-7-25-12-22-11-23-25/h2-6,9-13H,7-8H2,1H3,(H,24,26). The van der Waals surface area contributed by atoms with Crippen LogP contribution in [0.5, 0.6) is 11.5 Å². The number of carbonyl (C=O) groups excluding carboxylic acids is 1. The number of hydrogen-bond donors (Lipinski definition) is 1. The summed E-state index contributed by atoms with van der Waals surface area (Å²) in [4.78, 5) is 16.3. The van der Waals surface area contributed by atoms with E-state index in [-0.39, 0.29) is 5.91 Å².